The molecular formula is C12H16BNO4. The number of benzene rings is 1. The van der Waals surface area contributed by atoms with Gasteiger partial charge in [-0.2, -0.15) is 0 Å². The quantitative estimate of drug-likeness (QED) is 0.456. The van der Waals surface area contributed by atoms with Crippen molar-refractivity contribution in [1.82, 2.24) is 0 Å². The molecule has 0 N–H and O–H groups in total. The van der Waals surface area contributed by atoms with E-state index in [1.165, 1.54) is 6.07 Å². The average molecular weight is 249 g/mol. The van der Waals surface area contributed by atoms with E-state index in [2.05, 4.69) is 0 Å². The molecule has 0 atom stereocenters. The number of nitro benzene ring substituents is 1. The Balaban J connectivity index is 2.38. The lowest BCUT2D eigenvalue weighted by atomic mass is 9.78. The summed E-state index contributed by atoms with van der Waals surface area (Å²) in [5.74, 6) is 0. The van der Waals surface area contributed by atoms with Gasteiger partial charge in [0.2, 0.25) is 0 Å². The molecule has 2 rings (SSSR count). The van der Waals surface area contributed by atoms with Gasteiger partial charge in [0.15, 0.2) is 0 Å². The van der Waals surface area contributed by atoms with Crippen LogP contribution in [0, 0.1) is 10.1 Å². The van der Waals surface area contributed by atoms with Crippen LogP contribution in [0.2, 0.25) is 0 Å². The van der Waals surface area contributed by atoms with Crippen molar-refractivity contribution >= 4 is 18.3 Å². The fourth-order valence-electron chi connectivity index (χ4n) is 1.82. The maximum Gasteiger partial charge on any atom is 0.501 e. The van der Waals surface area contributed by atoms with Gasteiger partial charge in [0.05, 0.1) is 21.6 Å². The summed E-state index contributed by atoms with van der Waals surface area (Å²) in [4.78, 5) is 10.6. The zero-order valence-corrected chi connectivity index (χ0v) is 11.0. The molecular weight excluding hydrogens is 233 g/mol. The third kappa shape index (κ3) is 2.02. The van der Waals surface area contributed by atoms with Gasteiger partial charge in [0, 0.05) is 6.07 Å². The Bertz CT molecular complexity index is 471. The molecule has 1 aliphatic rings. The van der Waals surface area contributed by atoms with Crippen LogP contribution in [0.3, 0.4) is 0 Å². The summed E-state index contributed by atoms with van der Waals surface area (Å²) in [5.41, 5.74) is -0.514. The summed E-state index contributed by atoms with van der Waals surface area (Å²) in [6, 6.07) is 6.50. The molecule has 0 aromatic heterocycles. The van der Waals surface area contributed by atoms with Crippen molar-refractivity contribution in [2.24, 2.45) is 0 Å². The molecule has 0 radical (unpaired) electrons. The van der Waals surface area contributed by atoms with E-state index in [1.807, 2.05) is 27.7 Å². The van der Waals surface area contributed by atoms with Gasteiger partial charge in [-0.25, -0.2) is 0 Å². The summed E-state index contributed by atoms with van der Waals surface area (Å²) >= 11 is 0. The molecule has 0 bridgehead atoms. The molecule has 0 amide bonds. The lowest BCUT2D eigenvalue weighted by molar-refractivity contribution is -0.383. The minimum atomic E-state index is -0.698. The van der Waals surface area contributed by atoms with Crippen LogP contribution in [0.15, 0.2) is 24.3 Å². The highest BCUT2D eigenvalue weighted by molar-refractivity contribution is 6.63. The summed E-state index contributed by atoms with van der Waals surface area (Å²) in [5, 5.41) is 11.0. The van der Waals surface area contributed by atoms with Gasteiger partial charge in [0.25, 0.3) is 5.69 Å². The van der Waals surface area contributed by atoms with Crippen molar-refractivity contribution in [1.29, 1.82) is 0 Å². The van der Waals surface area contributed by atoms with E-state index >= 15 is 0 Å². The van der Waals surface area contributed by atoms with Crippen molar-refractivity contribution in [2.45, 2.75) is 38.9 Å². The first-order valence-corrected chi connectivity index (χ1v) is 5.83. The SMILES string of the molecule is CC1(C)OB(c2ccccc2[N+](=O)[O-])OC1(C)C. The maximum absolute atomic E-state index is 11.0. The van der Waals surface area contributed by atoms with Crippen LogP contribution >= 0.6 is 0 Å². The predicted molar refractivity (Wildman–Crippen MR) is 68.8 cm³/mol. The highest BCUT2D eigenvalue weighted by atomic mass is 16.7. The second-order valence-electron chi connectivity index (χ2n) is 5.40. The number of para-hydroxylation sites is 1. The number of nitro groups is 1. The first kappa shape index (κ1) is 13.0. The van der Waals surface area contributed by atoms with Crippen molar-refractivity contribution in [3.05, 3.63) is 34.4 Å². The fourth-order valence-corrected chi connectivity index (χ4v) is 1.82. The van der Waals surface area contributed by atoms with Gasteiger partial charge in [-0.3, -0.25) is 10.1 Å². The smallest absolute Gasteiger partial charge is 0.399 e. The van der Waals surface area contributed by atoms with Crippen molar-refractivity contribution < 1.29 is 14.2 Å². The van der Waals surface area contributed by atoms with Crippen LogP contribution < -0.4 is 5.46 Å². The molecule has 1 fully saturated rings. The standard InChI is InChI=1S/C12H16BNO4/c1-11(2)12(3,4)18-13(17-11)9-7-5-6-8-10(9)14(15)16/h5-8H,1-4H3. The molecule has 1 aliphatic heterocycles. The second kappa shape index (κ2) is 4.07. The van der Waals surface area contributed by atoms with E-state index in [-0.39, 0.29) is 5.69 Å². The molecule has 1 heterocycles. The van der Waals surface area contributed by atoms with Crippen LogP contribution in [0.1, 0.15) is 27.7 Å². The number of hydrogen-bond donors (Lipinski definition) is 0. The highest BCUT2D eigenvalue weighted by Gasteiger charge is 2.53. The van der Waals surface area contributed by atoms with E-state index in [0.29, 0.717) is 5.46 Å². The molecule has 0 spiro atoms. The van der Waals surface area contributed by atoms with E-state index in [9.17, 15) is 10.1 Å². The molecule has 1 saturated heterocycles. The molecule has 0 aliphatic carbocycles. The van der Waals surface area contributed by atoms with Crippen LogP contribution in [0.4, 0.5) is 5.69 Å². The Hall–Kier alpha value is -1.40. The molecule has 0 unspecified atom stereocenters. The maximum atomic E-state index is 11.0. The Morgan fingerprint density at radius 2 is 1.61 bits per heavy atom. The third-order valence-corrected chi connectivity index (χ3v) is 3.64. The van der Waals surface area contributed by atoms with Gasteiger partial charge >= 0.3 is 7.12 Å². The lowest BCUT2D eigenvalue weighted by Gasteiger charge is -2.32. The first-order valence-electron chi connectivity index (χ1n) is 5.83. The monoisotopic (exact) mass is 249 g/mol. The average Bonchev–Trinajstić information content (AvgIpc) is 2.48. The van der Waals surface area contributed by atoms with E-state index < -0.39 is 23.2 Å². The summed E-state index contributed by atoms with van der Waals surface area (Å²) in [6.45, 7) is 7.67. The Labute approximate surface area is 106 Å². The Kier molecular flexibility index (Phi) is 2.95. The second-order valence-corrected chi connectivity index (χ2v) is 5.40. The Morgan fingerprint density at radius 1 is 1.11 bits per heavy atom. The minimum Gasteiger partial charge on any atom is -0.399 e. The molecule has 0 saturated carbocycles. The van der Waals surface area contributed by atoms with Gasteiger partial charge < -0.3 is 9.31 Å². The van der Waals surface area contributed by atoms with Gasteiger partial charge in [-0.1, -0.05) is 18.2 Å². The van der Waals surface area contributed by atoms with Crippen LogP contribution in [-0.4, -0.2) is 23.2 Å². The molecule has 96 valence electrons. The minimum absolute atomic E-state index is 0.0241. The zero-order chi connectivity index (χ0) is 13.6. The molecule has 6 heteroatoms. The van der Waals surface area contributed by atoms with E-state index in [4.69, 9.17) is 9.31 Å². The lowest BCUT2D eigenvalue weighted by Crippen LogP contribution is -2.41. The van der Waals surface area contributed by atoms with Gasteiger partial charge in [-0.15, -0.1) is 0 Å². The Morgan fingerprint density at radius 3 is 2.11 bits per heavy atom. The normalized spacial score (nSPS) is 21.0. The van der Waals surface area contributed by atoms with Crippen LogP contribution in [-0.2, 0) is 9.31 Å². The zero-order valence-electron chi connectivity index (χ0n) is 11.0. The van der Waals surface area contributed by atoms with E-state index in [1.54, 1.807) is 18.2 Å². The van der Waals surface area contributed by atoms with Crippen LogP contribution in [0.25, 0.3) is 0 Å². The molecule has 1 aromatic carbocycles. The predicted octanol–water partition coefficient (Wildman–Crippen LogP) is 1.89. The van der Waals surface area contributed by atoms with Gasteiger partial charge in [0.1, 0.15) is 0 Å². The summed E-state index contributed by atoms with van der Waals surface area (Å²) in [7, 11) is -0.698. The third-order valence-electron chi connectivity index (χ3n) is 3.64. The summed E-state index contributed by atoms with van der Waals surface area (Å²) < 4.78 is 11.6. The molecule has 5 nitrogen and oxygen atoms in total. The number of nitrogens with zero attached hydrogens (tertiary/aromatic N) is 1. The molecule has 1 aromatic rings. The fraction of sp³-hybridized carbons (Fsp3) is 0.500. The van der Waals surface area contributed by atoms with E-state index in [0.717, 1.165) is 0 Å². The highest BCUT2D eigenvalue weighted by Crippen LogP contribution is 2.37. The van der Waals surface area contributed by atoms with Gasteiger partial charge in [-0.05, 0) is 27.7 Å². The largest absolute Gasteiger partial charge is 0.501 e. The van der Waals surface area contributed by atoms with Crippen molar-refractivity contribution in [3.8, 4) is 0 Å². The van der Waals surface area contributed by atoms with Crippen LogP contribution in [0.5, 0.6) is 0 Å². The topological polar surface area (TPSA) is 61.6 Å². The first-order chi connectivity index (χ1) is 8.24. The number of hydrogen-bond acceptors (Lipinski definition) is 4. The number of rotatable bonds is 2. The molecule has 18 heavy (non-hydrogen) atoms. The van der Waals surface area contributed by atoms with Crippen molar-refractivity contribution in [2.75, 3.05) is 0 Å². The summed E-state index contributed by atoms with van der Waals surface area (Å²) in [6.07, 6.45) is 0. The van der Waals surface area contributed by atoms with Crippen molar-refractivity contribution in [3.63, 3.8) is 0 Å².